The molecule has 0 saturated carbocycles. The van der Waals surface area contributed by atoms with Crippen molar-refractivity contribution < 1.29 is 8.42 Å². The Morgan fingerprint density at radius 1 is 1.69 bits per heavy atom. The minimum atomic E-state index is -3.50. The van der Waals surface area contributed by atoms with Crippen LogP contribution in [0.2, 0.25) is 0 Å². The van der Waals surface area contributed by atoms with Crippen LogP contribution in [0.3, 0.4) is 0 Å². The molecule has 0 spiro atoms. The third kappa shape index (κ3) is 3.28. The highest BCUT2D eigenvalue weighted by atomic mass is 79.9. The number of nitriles is 1. The zero-order valence-corrected chi connectivity index (χ0v) is 12.0. The number of nitrogens with one attached hydrogen (secondary N) is 1. The summed E-state index contributed by atoms with van der Waals surface area (Å²) in [4.78, 5) is 0. The minimum absolute atomic E-state index is 0.157. The zero-order valence-electron chi connectivity index (χ0n) is 8.82. The Bertz CT molecular complexity index is 497. The average Bonchev–Trinajstić information content (AvgIpc) is 2.47. The summed E-state index contributed by atoms with van der Waals surface area (Å²) in [5, 5.41) is 8.46. The molecule has 0 radical (unpaired) electrons. The van der Waals surface area contributed by atoms with E-state index in [4.69, 9.17) is 5.26 Å². The van der Waals surface area contributed by atoms with Crippen LogP contribution in [0.5, 0.6) is 0 Å². The van der Waals surface area contributed by atoms with Crippen LogP contribution in [0, 0.1) is 18.3 Å². The zero-order chi connectivity index (χ0) is 12.3. The average molecular weight is 323 g/mol. The summed E-state index contributed by atoms with van der Waals surface area (Å²) in [6.07, 6.45) is 0.157. The highest BCUT2D eigenvalue weighted by Crippen LogP contribution is 2.30. The minimum Gasteiger partial charge on any atom is -0.207 e. The van der Waals surface area contributed by atoms with E-state index in [1.807, 2.05) is 13.0 Å². The summed E-state index contributed by atoms with van der Waals surface area (Å²) in [6, 6.07) is 3.15. The van der Waals surface area contributed by atoms with Crippen molar-refractivity contribution in [3.63, 3.8) is 0 Å². The van der Waals surface area contributed by atoms with Crippen LogP contribution < -0.4 is 4.72 Å². The Kier molecular flexibility index (Phi) is 4.50. The molecule has 7 heteroatoms. The van der Waals surface area contributed by atoms with E-state index in [1.165, 1.54) is 0 Å². The van der Waals surface area contributed by atoms with E-state index >= 15 is 0 Å². The van der Waals surface area contributed by atoms with Gasteiger partial charge in [-0.2, -0.15) is 5.26 Å². The van der Waals surface area contributed by atoms with E-state index in [0.29, 0.717) is 0 Å². The fourth-order valence-corrected chi connectivity index (χ4v) is 4.55. The number of nitrogens with zero attached hydrogens (tertiary/aromatic N) is 1. The number of hydrogen-bond donors (Lipinski definition) is 1. The van der Waals surface area contributed by atoms with Gasteiger partial charge in [0.2, 0.25) is 10.0 Å². The molecule has 88 valence electrons. The molecule has 0 fully saturated rings. The van der Waals surface area contributed by atoms with Gasteiger partial charge in [-0.3, -0.25) is 0 Å². The Morgan fingerprint density at radius 2 is 2.31 bits per heavy atom. The highest BCUT2D eigenvalue weighted by molar-refractivity contribution is 9.11. The molecule has 1 aromatic heterocycles. The highest BCUT2D eigenvalue weighted by Gasteiger charge is 2.20. The van der Waals surface area contributed by atoms with Gasteiger partial charge in [0.1, 0.15) is 4.21 Å². The topological polar surface area (TPSA) is 70.0 Å². The van der Waals surface area contributed by atoms with Gasteiger partial charge < -0.3 is 0 Å². The van der Waals surface area contributed by atoms with Gasteiger partial charge in [-0.25, -0.2) is 13.1 Å². The maximum absolute atomic E-state index is 11.9. The number of thiophene rings is 1. The first-order valence-electron chi connectivity index (χ1n) is 4.52. The third-order valence-electron chi connectivity index (χ3n) is 1.85. The molecule has 16 heavy (non-hydrogen) atoms. The summed E-state index contributed by atoms with van der Waals surface area (Å²) in [5.41, 5.74) is 0.887. The largest absolute Gasteiger partial charge is 0.250 e. The summed E-state index contributed by atoms with van der Waals surface area (Å²) >= 11 is 4.44. The second-order valence-corrected chi connectivity index (χ2v) is 7.72. The molecule has 1 aromatic rings. The number of aryl methyl sites for hydroxylation is 1. The van der Waals surface area contributed by atoms with E-state index in [0.717, 1.165) is 20.7 Å². The van der Waals surface area contributed by atoms with E-state index in [1.54, 1.807) is 13.0 Å². The van der Waals surface area contributed by atoms with Crippen LogP contribution in [-0.2, 0) is 10.0 Å². The van der Waals surface area contributed by atoms with Crippen molar-refractivity contribution in [1.82, 2.24) is 4.72 Å². The van der Waals surface area contributed by atoms with Crippen molar-refractivity contribution in [3.8, 4) is 6.07 Å². The molecule has 1 unspecified atom stereocenters. The van der Waals surface area contributed by atoms with Gasteiger partial charge in [0.25, 0.3) is 0 Å². The second kappa shape index (κ2) is 5.27. The number of sulfonamides is 1. The maximum Gasteiger partial charge on any atom is 0.250 e. The molecule has 0 aliphatic carbocycles. The monoisotopic (exact) mass is 322 g/mol. The Labute approximate surface area is 107 Å². The lowest BCUT2D eigenvalue weighted by Gasteiger charge is -2.09. The molecule has 1 atom stereocenters. The van der Waals surface area contributed by atoms with Crippen molar-refractivity contribution >= 4 is 37.3 Å². The van der Waals surface area contributed by atoms with Crippen molar-refractivity contribution in [2.75, 3.05) is 0 Å². The molecular formula is C9H11BrN2O2S2. The smallest absolute Gasteiger partial charge is 0.207 e. The van der Waals surface area contributed by atoms with Gasteiger partial charge in [-0.15, -0.1) is 11.3 Å². The summed E-state index contributed by atoms with van der Waals surface area (Å²) in [7, 11) is -3.50. The van der Waals surface area contributed by atoms with Crippen LogP contribution in [0.25, 0.3) is 0 Å². The van der Waals surface area contributed by atoms with Crippen LogP contribution in [0.4, 0.5) is 0 Å². The van der Waals surface area contributed by atoms with Crippen LogP contribution in [0.15, 0.2) is 14.1 Å². The van der Waals surface area contributed by atoms with Crippen molar-refractivity contribution in [1.29, 1.82) is 5.26 Å². The lowest BCUT2D eigenvalue weighted by Crippen LogP contribution is -2.31. The van der Waals surface area contributed by atoms with Crippen LogP contribution in [0.1, 0.15) is 18.9 Å². The molecule has 0 aliphatic rings. The molecular weight excluding hydrogens is 312 g/mol. The second-order valence-electron chi connectivity index (χ2n) is 3.41. The third-order valence-corrected chi connectivity index (χ3v) is 6.05. The van der Waals surface area contributed by atoms with E-state index in [2.05, 4.69) is 20.7 Å². The first-order chi connectivity index (χ1) is 7.36. The lowest BCUT2D eigenvalue weighted by molar-refractivity contribution is 0.565. The van der Waals surface area contributed by atoms with Crippen LogP contribution >= 0.6 is 27.3 Å². The summed E-state index contributed by atoms with van der Waals surface area (Å²) < 4.78 is 27.2. The molecule has 1 N–H and O–H groups in total. The first kappa shape index (κ1) is 13.6. The fraction of sp³-hybridized carbons (Fsp3) is 0.444. The van der Waals surface area contributed by atoms with Gasteiger partial charge in [0, 0.05) is 6.04 Å². The van der Waals surface area contributed by atoms with E-state index in [9.17, 15) is 8.42 Å². The van der Waals surface area contributed by atoms with Crippen LogP contribution in [-0.4, -0.2) is 14.5 Å². The maximum atomic E-state index is 11.9. The molecule has 0 saturated heterocycles. The van der Waals surface area contributed by atoms with Gasteiger partial charge >= 0.3 is 0 Å². The van der Waals surface area contributed by atoms with Gasteiger partial charge in [-0.1, -0.05) is 0 Å². The number of rotatable bonds is 4. The first-order valence-corrected chi connectivity index (χ1v) is 7.61. The molecule has 0 amide bonds. The number of halogens is 1. The molecule has 0 aromatic carbocycles. The molecule has 1 rings (SSSR count). The fourth-order valence-electron chi connectivity index (χ4n) is 1.07. The van der Waals surface area contributed by atoms with E-state index < -0.39 is 10.0 Å². The lowest BCUT2D eigenvalue weighted by atomic mass is 10.3. The Morgan fingerprint density at radius 3 is 2.75 bits per heavy atom. The molecule has 0 aliphatic heterocycles. The SMILES string of the molecule is Cc1cc(S(=O)(=O)NC(C)CC#N)sc1Br. The van der Waals surface area contributed by atoms with Crippen molar-refractivity contribution in [2.24, 2.45) is 0 Å². The van der Waals surface area contributed by atoms with Gasteiger partial charge in [-0.05, 0) is 41.4 Å². The molecule has 1 heterocycles. The quantitative estimate of drug-likeness (QED) is 0.925. The number of hydrogen-bond acceptors (Lipinski definition) is 4. The standard InChI is InChI=1S/C9H11BrN2O2S2/c1-6-5-8(15-9(6)10)16(13,14)12-7(2)3-4-11/h5,7,12H,3H2,1-2H3. The predicted molar refractivity (Wildman–Crippen MR) is 66.8 cm³/mol. The molecule has 0 bridgehead atoms. The van der Waals surface area contributed by atoms with E-state index in [-0.39, 0.29) is 16.7 Å². The Balaban J connectivity index is 2.91. The predicted octanol–water partition coefficient (Wildman–Crippen LogP) is 2.40. The van der Waals surface area contributed by atoms with Gasteiger partial charge in [0.05, 0.1) is 16.3 Å². The molecule has 4 nitrogen and oxygen atoms in total. The summed E-state index contributed by atoms with van der Waals surface area (Å²) in [5.74, 6) is 0. The van der Waals surface area contributed by atoms with Gasteiger partial charge in [0.15, 0.2) is 0 Å². The Hall–Kier alpha value is -0.420. The van der Waals surface area contributed by atoms with Crippen molar-refractivity contribution in [2.45, 2.75) is 30.5 Å². The van der Waals surface area contributed by atoms with Crippen molar-refractivity contribution in [3.05, 3.63) is 15.4 Å². The normalized spacial score (nSPS) is 13.4. The summed E-state index contributed by atoms with van der Waals surface area (Å²) in [6.45, 7) is 3.49.